The molecule has 1 aromatic carbocycles. The van der Waals surface area contributed by atoms with Crippen molar-refractivity contribution >= 4 is 23.0 Å². The van der Waals surface area contributed by atoms with Gasteiger partial charge in [-0.3, -0.25) is 9.79 Å². The van der Waals surface area contributed by atoms with Crippen LogP contribution in [0.2, 0.25) is 0 Å². The first-order valence-corrected chi connectivity index (χ1v) is 10.4. The Bertz CT molecular complexity index is 975. The molecule has 0 bridgehead atoms. The van der Waals surface area contributed by atoms with E-state index in [0.29, 0.717) is 17.8 Å². The molecule has 1 N–H and O–H groups in total. The Morgan fingerprint density at radius 2 is 1.62 bits per heavy atom. The molecular weight excluding hydrogens is 396 g/mol. The van der Waals surface area contributed by atoms with E-state index in [4.69, 9.17) is 0 Å². The second-order valence-corrected chi connectivity index (χ2v) is 7.71. The molecule has 32 heavy (non-hydrogen) atoms. The van der Waals surface area contributed by atoms with Crippen molar-refractivity contribution in [3.8, 4) is 0 Å². The van der Waals surface area contributed by atoms with Crippen LogP contribution in [0.25, 0.3) is 5.70 Å². The number of nitrogens with zero attached hydrogens (tertiary/aromatic N) is 3. The molecular formula is C27H36N4O. The van der Waals surface area contributed by atoms with Crippen molar-refractivity contribution in [2.45, 2.75) is 27.2 Å². The Balaban J connectivity index is 2.75. The van der Waals surface area contributed by atoms with E-state index in [1.807, 2.05) is 70.1 Å². The molecule has 0 aromatic heterocycles. The molecule has 170 valence electrons. The van der Waals surface area contributed by atoms with Gasteiger partial charge >= 0.3 is 0 Å². The highest BCUT2D eigenvalue weighted by Crippen LogP contribution is 2.17. The van der Waals surface area contributed by atoms with Gasteiger partial charge in [0, 0.05) is 61.8 Å². The first-order chi connectivity index (χ1) is 15.0. The van der Waals surface area contributed by atoms with Gasteiger partial charge < -0.3 is 15.1 Å². The number of carbonyl (C=O) groups excluding carboxylic acids is 1. The molecule has 0 atom stereocenters. The van der Waals surface area contributed by atoms with Gasteiger partial charge in [0.2, 0.25) is 5.91 Å². The van der Waals surface area contributed by atoms with Gasteiger partial charge in [-0.2, -0.15) is 0 Å². The van der Waals surface area contributed by atoms with Crippen molar-refractivity contribution in [2.24, 2.45) is 4.99 Å². The number of rotatable bonds is 11. The lowest BCUT2D eigenvalue weighted by atomic mass is 10.1. The van der Waals surface area contributed by atoms with Crippen LogP contribution in [0.4, 0.5) is 5.69 Å². The Kier molecular flexibility index (Phi) is 10.2. The maximum Gasteiger partial charge on any atom is 0.226 e. The van der Waals surface area contributed by atoms with Crippen LogP contribution < -0.4 is 10.2 Å². The lowest BCUT2D eigenvalue weighted by Crippen LogP contribution is -2.23. The van der Waals surface area contributed by atoms with Crippen LogP contribution in [0.5, 0.6) is 0 Å². The highest BCUT2D eigenvalue weighted by molar-refractivity contribution is 6.00. The fourth-order valence-corrected chi connectivity index (χ4v) is 2.71. The third-order valence-electron chi connectivity index (χ3n) is 4.82. The van der Waals surface area contributed by atoms with Gasteiger partial charge in [-0.25, -0.2) is 0 Å². The second-order valence-electron chi connectivity index (χ2n) is 7.71. The summed E-state index contributed by atoms with van der Waals surface area (Å²) in [4.78, 5) is 19.9. The summed E-state index contributed by atoms with van der Waals surface area (Å²) >= 11 is 0. The normalized spacial score (nSPS) is 11.8. The number of hydrogen-bond acceptors (Lipinski definition) is 4. The lowest BCUT2D eigenvalue weighted by molar-refractivity contribution is -0.127. The van der Waals surface area contributed by atoms with Gasteiger partial charge in [0.25, 0.3) is 0 Å². The van der Waals surface area contributed by atoms with Gasteiger partial charge in [-0.15, -0.1) is 0 Å². The number of likely N-dealkylation sites (N-methyl/N-ethyl adjacent to an activating group) is 1. The van der Waals surface area contributed by atoms with Crippen molar-refractivity contribution in [2.75, 3.05) is 26.0 Å². The molecule has 0 fully saturated rings. The second kappa shape index (κ2) is 12.3. The molecule has 0 saturated carbocycles. The number of amides is 1. The highest BCUT2D eigenvalue weighted by Gasteiger charge is 2.07. The predicted molar refractivity (Wildman–Crippen MR) is 139 cm³/mol. The first kappa shape index (κ1) is 26.4. The minimum atomic E-state index is 0.00988. The summed E-state index contributed by atoms with van der Waals surface area (Å²) in [5.74, 6) is 0.00988. The average molecular weight is 433 g/mol. The molecule has 0 radical (unpaired) electrons. The number of hydrogen-bond donors (Lipinski definition) is 1. The Morgan fingerprint density at radius 1 is 1.03 bits per heavy atom. The number of allylic oxidation sites excluding steroid dienone is 5. The molecule has 0 unspecified atom stereocenters. The molecule has 5 nitrogen and oxygen atoms in total. The van der Waals surface area contributed by atoms with E-state index >= 15 is 0 Å². The minimum absolute atomic E-state index is 0.00988. The van der Waals surface area contributed by atoms with Crippen LogP contribution in [0, 0.1) is 0 Å². The van der Waals surface area contributed by atoms with Crippen LogP contribution in [0.1, 0.15) is 32.8 Å². The number of aliphatic imine (C=N–C) groups is 1. The summed E-state index contributed by atoms with van der Waals surface area (Å²) in [6.45, 7) is 21.7. The van der Waals surface area contributed by atoms with Crippen molar-refractivity contribution in [1.29, 1.82) is 0 Å². The summed E-state index contributed by atoms with van der Waals surface area (Å²) in [5, 5.41) is 3.21. The summed E-state index contributed by atoms with van der Waals surface area (Å²) in [6, 6.07) is 8.13. The van der Waals surface area contributed by atoms with Crippen LogP contribution in [0.3, 0.4) is 0 Å². The van der Waals surface area contributed by atoms with Gasteiger partial charge in [0.15, 0.2) is 0 Å². The van der Waals surface area contributed by atoms with E-state index < -0.39 is 0 Å². The first-order valence-electron chi connectivity index (χ1n) is 10.4. The van der Waals surface area contributed by atoms with Crippen LogP contribution in [-0.4, -0.2) is 37.7 Å². The van der Waals surface area contributed by atoms with Gasteiger partial charge in [0.05, 0.1) is 0 Å². The van der Waals surface area contributed by atoms with Gasteiger partial charge in [-0.1, -0.05) is 51.4 Å². The fraction of sp³-hybridized carbons (Fsp3) is 0.259. The zero-order valence-electron chi connectivity index (χ0n) is 20.3. The van der Waals surface area contributed by atoms with Gasteiger partial charge in [0.1, 0.15) is 0 Å². The lowest BCUT2D eigenvalue weighted by Gasteiger charge is -2.16. The largest absolute Gasteiger partial charge is 0.378 e. The standard InChI is InChI=1S/C27H36N4O/c1-11-27(32)31(10)22(5)13-12-19(2)23(6)28-20(3)18-21(4)29-24(7)25-14-16-26(17-15-25)30(8)9/h12-18,29H,2,4-5,7,11H2,1,3,6,8-10H3/b13-12-,20-18+,28-23+. The minimum Gasteiger partial charge on any atom is -0.378 e. The quantitative estimate of drug-likeness (QED) is 0.361. The van der Waals surface area contributed by atoms with E-state index in [-0.39, 0.29) is 5.91 Å². The molecule has 0 heterocycles. The Hall–Kier alpha value is -3.60. The molecule has 0 saturated heterocycles. The maximum atomic E-state index is 11.7. The zero-order valence-corrected chi connectivity index (χ0v) is 20.3. The van der Waals surface area contributed by atoms with Crippen LogP contribution in [-0.2, 0) is 4.79 Å². The van der Waals surface area contributed by atoms with E-state index in [1.165, 1.54) is 4.90 Å². The average Bonchev–Trinajstić information content (AvgIpc) is 2.75. The van der Waals surface area contributed by atoms with Crippen molar-refractivity contribution < 1.29 is 4.79 Å². The molecule has 0 aliphatic heterocycles. The summed E-state index contributed by atoms with van der Waals surface area (Å²) < 4.78 is 0. The monoisotopic (exact) mass is 432 g/mol. The Labute approximate surface area is 193 Å². The number of nitrogens with one attached hydrogen (secondary N) is 1. The van der Waals surface area contributed by atoms with Crippen LogP contribution >= 0.6 is 0 Å². The Morgan fingerprint density at radius 3 is 2.16 bits per heavy atom. The number of carbonyl (C=O) groups is 1. The topological polar surface area (TPSA) is 47.9 Å². The van der Waals surface area contributed by atoms with E-state index in [0.717, 1.165) is 33.9 Å². The maximum absolute atomic E-state index is 11.7. The van der Waals surface area contributed by atoms with Crippen molar-refractivity contribution in [3.63, 3.8) is 0 Å². The summed E-state index contributed by atoms with van der Waals surface area (Å²) in [5.41, 5.74) is 6.46. The third kappa shape index (κ3) is 8.26. The zero-order chi connectivity index (χ0) is 24.4. The van der Waals surface area contributed by atoms with Crippen molar-refractivity contribution in [3.05, 3.63) is 97.0 Å². The smallest absolute Gasteiger partial charge is 0.226 e. The van der Waals surface area contributed by atoms with E-state index in [2.05, 4.69) is 36.6 Å². The summed E-state index contributed by atoms with van der Waals surface area (Å²) in [6.07, 6.45) is 5.85. The molecule has 5 heteroatoms. The third-order valence-corrected chi connectivity index (χ3v) is 4.82. The van der Waals surface area contributed by atoms with E-state index in [1.54, 1.807) is 19.2 Å². The predicted octanol–water partition coefficient (Wildman–Crippen LogP) is 5.69. The molecule has 0 spiro atoms. The van der Waals surface area contributed by atoms with E-state index in [9.17, 15) is 4.79 Å². The molecule has 1 amide bonds. The highest BCUT2D eigenvalue weighted by atomic mass is 16.2. The van der Waals surface area contributed by atoms with Gasteiger partial charge in [-0.05, 0) is 49.3 Å². The van der Waals surface area contributed by atoms with Crippen molar-refractivity contribution in [1.82, 2.24) is 10.2 Å². The molecule has 0 aliphatic rings. The summed E-state index contributed by atoms with van der Waals surface area (Å²) in [7, 11) is 5.72. The van der Waals surface area contributed by atoms with Crippen LogP contribution in [0.15, 0.2) is 96.5 Å². The number of anilines is 1. The SMILES string of the molecule is C=C(/C=C(C)/N=C(\C)C(=C)/C=C\C(=C)N(C)C(=O)CC)NC(=C)c1ccc(N(C)C)cc1. The number of benzene rings is 1. The molecule has 0 aliphatic carbocycles. The molecule has 1 rings (SSSR count). The fourth-order valence-electron chi connectivity index (χ4n) is 2.71. The molecule has 1 aromatic rings.